The fourth-order valence-electron chi connectivity index (χ4n) is 2.88. The molecule has 3 nitrogen and oxygen atoms in total. The number of benzene rings is 3. The standard InChI is InChI=1S/C21H17NO2/c23-17-12-13-19-21(15-17)24-20-11-5-4-10-18(20)22(19)14-6-9-16-7-2-1-3-8-16/h1-13,15,23H,14H2/b9-6+. The highest BCUT2D eigenvalue weighted by molar-refractivity contribution is 5.79. The normalized spacial score (nSPS) is 12.6. The van der Waals surface area contributed by atoms with Gasteiger partial charge in [-0.25, -0.2) is 0 Å². The number of hydrogen-bond donors (Lipinski definition) is 1. The van der Waals surface area contributed by atoms with E-state index in [0.717, 1.165) is 17.1 Å². The molecule has 24 heavy (non-hydrogen) atoms. The number of phenolic OH excluding ortho intramolecular Hbond substituents is 1. The van der Waals surface area contributed by atoms with E-state index in [4.69, 9.17) is 4.74 Å². The maximum atomic E-state index is 9.73. The Balaban J connectivity index is 1.68. The van der Waals surface area contributed by atoms with E-state index >= 15 is 0 Å². The molecule has 1 aliphatic rings. The van der Waals surface area contributed by atoms with Crippen molar-refractivity contribution in [2.75, 3.05) is 11.4 Å². The monoisotopic (exact) mass is 315 g/mol. The summed E-state index contributed by atoms with van der Waals surface area (Å²) >= 11 is 0. The summed E-state index contributed by atoms with van der Waals surface area (Å²) in [5.41, 5.74) is 3.14. The third-order valence-corrected chi connectivity index (χ3v) is 4.01. The quantitative estimate of drug-likeness (QED) is 0.707. The van der Waals surface area contributed by atoms with E-state index in [9.17, 15) is 5.11 Å². The Bertz CT molecular complexity index is 887. The van der Waals surface area contributed by atoms with E-state index < -0.39 is 0 Å². The van der Waals surface area contributed by atoms with Crippen molar-refractivity contribution in [3.05, 3.63) is 84.4 Å². The second-order valence-corrected chi connectivity index (χ2v) is 5.65. The van der Waals surface area contributed by atoms with Gasteiger partial charge in [-0.1, -0.05) is 54.6 Å². The van der Waals surface area contributed by atoms with Gasteiger partial charge in [0.1, 0.15) is 5.75 Å². The van der Waals surface area contributed by atoms with Crippen LogP contribution in [-0.4, -0.2) is 11.7 Å². The zero-order valence-corrected chi connectivity index (χ0v) is 13.1. The molecule has 3 aromatic rings. The summed E-state index contributed by atoms with van der Waals surface area (Å²) in [5.74, 6) is 1.67. The maximum Gasteiger partial charge on any atom is 0.154 e. The second kappa shape index (κ2) is 6.13. The Labute approximate surface area is 141 Å². The van der Waals surface area contributed by atoms with E-state index in [2.05, 4.69) is 29.2 Å². The van der Waals surface area contributed by atoms with E-state index in [1.807, 2.05) is 48.5 Å². The summed E-state index contributed by atoms with van der Waals surface area (Å²) in [6.45, 7) is 0.715. The summed E-state index contributed by atoms with van der Waals surface area (Å²) in [6, 6.07) is 23.4. The molecule has 118 valence electrons. The minimum Gasteiger partial charge on any atom is -0.508 e. The van der Waals surface area contributed by atoms with Crippen molar-refractivity contribution in [2.24, 2.45) is 0 Å². The number of aromatic hydroxyl groups is 1. The van der Waals surface area contributed by atoms with Crippen LogP contribution in [0, 0.1) is 0 Å². The lowest BCUT2D eigenvalue weighted by Gasteiger charge is -2.32. The molecular weight excluding hydrogens is 298 g/mol. The first kappa shape index (κ1) is 14.4. The van der Waals surface area contributed by atoms with Crippen LogP contribution in [0.5, 0.6) is 17.2 Å². The Morgan fingerprint density at radius 1 is 0.833 bits per heavy atom. The summed E-state index contributed by atoms with van der Waals surface area (Å²) in [7, 11) is 0. The number of fused-ring (bicyclic) bond motifs is 2. The molecule has 0 spiro atoms. The first-order valence-corrected chi connectivity index (χ1v) is 7.90. The Hall–Kier alpha value is -3.20. The smallest absolute Gasteiger partial charge is 0.154 e. The van der Waals surface area contributed by atoms with Crippen LogP contribution in [-0.2, 0) is 0 Å². The van der Waals surface area contributed by atoms with Crippen molar-refractivity contribution < 1.29 is 9.84 Å². The van der Waals surface area contributed by atoms with Gasteiger partial charge in [-0.05, 0) is 29.8 Å². The number of hydrogen-bond acceptors (Lipinski definition) is 3. The van der Waals surface area contributed by atoms with Crippen LogP contribution >= 0.6 is 0 Å². The minimum atomic E-state index is 0.202. The maximum absolute atomic E-state index is 9.73. The van der Waals surface area contributed by atoms with Crippen LogP contribution in [0.1, 0.15) is 5.56 Å². The lowest BCUT2D eigenvalue weighted by Crippen LogP contribution is -2.21. The summed E-state index contributed by atoms with van der Waals surface area (Å²) < 4.78 is 5.93. The van der Waals surface area contributed by atoms with E-state index in [1.165, 1.54) is 5.56 Å². The molecule has 1 N–H and O–H groups in total. The van der Waals surface area contributed by atoms with Gasteiger partial charge in [-0.2, -0.15) is 0 Å². The summed E-state index contributed by atoms with van der Waals surface area (Å²) in [4.78, 5) is 2.19. The highest BCUT2D eigenvalue weighted by Gasteiger charge is 2.23. The largest absolute Gasteiger partial charge is 0.508 e. The fourth-order valence-corrected chi connectivity index (χ4v) is 2.88. The molecule has 0 saturated heterocycles. The van der Waals surface area contributed by atoms with Crippen LogP contribution in [0.2, 0.25) is 0 Å². The molecule has 0 unspecified atom stereocenters. The van der Waals surface area contributed by atoms with E-state index in [1.54, 1.807) is 12.1 Å². The summed E-state index contributed by atoms with van der Waals surface area (Å²) in [5, 5.41) is 9.73. The number of rotatable bonds is 3. The first-order chi connectivity index (χ1) is 11.8. The third kappa shape index (κ3) is 2.72. The second-order valence-electron chi connectivity index (χ2n) is 5.65. The van der Waals surface area contributed by atoms with Gasteiger partial charge in [0.2, 0.25) is 0 Å². The zero-order valence-electron chi connectivity index (χ0n) is 13.1. The van der Waals surface area contributed by atoms with Crippen LogP contribution in [0.15, 0.2) is 78.9 Å². The van der Waals surface area contributed by atoms with Crippen molar-refractivity contribution in [1.82, 2.24) is 0 Å². The molecule has 1 heterocycles. The van der Waals surface area contributed by atoms with Gasteiger partial charge < -0.3 is 14.7 Å². The van der Waals surface area contributed by atoms with Gasteiger partial charge in [0.15, 0.2) is 11.5 Å². The van der Waals surface area contributed by atoms with Crippen LogP contribution < -0.4 is 9.64 Å². The number of anilines is 2. The van der Waals surface area contributed by atoms with Crippen molar-refractivity contribution in [1.29, 1.82) is 0 Å². The molecule has 0 aromatic heterocycles. The van der Waals surface area contributed by atoms with Crippen molar-refractivity contribution >= 4 is 17.5 Å². The Kier molecular flexibility index (Phi) is 3.67. The molecule has 4 rings (SSSR count). The molecule has 3 heteroatoms. The molecule has 0 aliphatic carbocycles. The average Bonchev–Trinajstić information content (AvgIpc) is 2.62. The lowest BCUT2D eigenvalue weighted by molar-refractivity contribution is 0.451. The third-order valence-electron chi connectivity index (χ3n) is 4.01. The Morgan fingerprint density at radius 3 is 2.46 bits per heavy atom. The van der Waals surface area contributed by atoms with Gasteiger partial charge in [-0.15, -0.1) is 0 Å². The molecular formula is C21H17NO2. The van der Waals surface area contributed by atoms with Gasteiger partial charge in [0, 0.05) is 12.6 Å². The highest BCUT2D eigenvalue weighted by Crippen LogP contribution is 2.47. The molecule has 3 aromatic carbocycles. The molecule has 0 radical (unpaired) electrons. The topological polar surface area (TPSA) is 32.7 Å². The van der Waals surface area contributed by atoms with Crippen molar-refractivity contribution in [3.8, 4) is 17.2 Å². The lowest BCUT2D eigenvalue weighted by atomic mass is 10.1. The minimum absolute atomic E-state index is 0.202. The predicted octanol–water partition coefficient (Wildman–Crippen LogP) is 5.35. The molecule has 0 bridgehead atoms. The van der Waals surface area contributed by atoms with E-state index in [0.29, 0.717) is 12.3 Å². The van der Waals surface area contributed by atoms with Crippen LogP contribution in [0.25, 0.3) is 6.08 Å². The van der Waals surface area contributed by atoms with Crippen LogP contribution in [0.4, 0.5) is 11.4 Å². The average molecular weight is 315 g/mol. The highest BCUT2D eigenvalue weighted by atomic mass is 16.5. The van der Waals surface area contributed by atoms with Gasteiger partial charge in [-0.3, -0.25) is 0 Å². The number of ether oxygens (including phenoxy) is 1. The first-order valence-electron chi connectivity index (χ1n) is 7.90. The number of nitrogens with zero attached hydrogens (tertiary/aromatic N) is 1. The zero-order chi connectivity index (χ0) is 16.4. The number of phenols is 1. The SMILES string of the molecule is Oc1ccc2c(c1)Oc1ccccc1N2C/C=C/c1ccccc1. The molecule has 1 aliphatic heterocycles. The summed E-state index contributed by atoms with van der Waals surface area (Å²) in [6.07, 6.45) is 4.24. The molecule has 0 amide bonds. The van der Waals surface area contributed by atoms with Gasteiger partial charge >= 0.3 is 0 Å². The number of para-hydroxylation sites is 2. The molecule has 0 fully saturated rings. The Morgan fingerprint density at radius 2 is 1.58 bits per heavy atom. The van der Waals surface area contributed by atoms with Crippen molar-refractivity contribution in [3.63, 3.8) is 0 Å². The van der Waals surface area contributed by atoms with Crippen LogP contribution in [0.3, 0.4) is 0 Å². The van der Waals surface area contributed by atoms with Crippen molar-refractivity contribution in [2.45, 2.75) is 0 Å². The molecule has 0 atom stereocenters. The molecule has 0 saturated carbocycles. The van der Waals surface area contributed by atoms with Gasteiger partial charge in [0.25, 0.3) is 0 Å². The van der Waals surface area contributed by atoms with Gasteiger partial charge in [0.05, 0.1) is 11.4 Å². The fraction of sp³-hybridized carbons (Fsp3) is 0.0476. The van der Waals surface area contributed by atoms with E-state index in [-0.39, 0.29) is 5.75 Å². The predicted molar refractivity (Wildman–Crippen MR) is 97.1 cm³/mol.